The Hall–Kier alpha value is -3.41. The second-order valence-electron chi connectivity index (χ2n) is 15.3. The van der Waals surface area contributed by atoms with Crippen molar-refractivity contribution < 1.29 is 28.6 Å². The number of hydrogen-bond acceptors (Lipinski definition) is 6. The number of rotatable bonds is 41. The lowest BCUT2D eigenvalue weighted by Crippen LogP contribution is -2.30. The van der Waals surface area contributed by atoms with Gasteiger partial charge in [0, 0.05) is 19.3 Å². The molecule has 0 spiro atoms. The van der Waals surface area contributed by atoms with Gasteiger partial charge in [-0.05, 0) is 89.9 Å². The average Bonchev–Trinajstić information content (AvgIpc) is 3.22. The summed E-state index contributed by atoms with van der Waals surface area (Å²) in [4.78, 5) is 37.7. The molecule has 0 saturated heterocycles. The van der Waals surface area contributed by atoms with Crippen LogP contribution in [0.3, 0.4) is 0 Å². The molecule has 6 heteroatoms. The van der Waals surface area contributed by atoms with Crippen molar-refractivity contribution in [2.45, 2.75) is 213 Å². The van der Waals surface area contributed by atoms with Crippen molar-refractivity contribution in [2.75, 3.05) is 13.2 Å². The molecule has 0 aliphatic heterocycles. The van der Waals surface area contributed by atoms with Gasteiger partial charge in [-0.25, -0.2) is 0 Å². The third-order valence-electron chi connectivity index (χ3n) is 9.71. The molecule has 0 fully saturated rings. The third-order valence-corrected chi connectivity index (χ3v) is 9.71. The monoisotopic (exact) mass is 807 g/mol. The number of unbranched alkanes of at least 4 members (excludes halogenated alkanes) is 19. The van der Waals surface area contributed by atoms with Crippen LogP contribution in [0.2, 0.25) is 0 Å². The van der Waals surface area contributed by atoms with Crippen LogP contribution in [0.1, 0.15) is 207 Å². The van der Waals surface area contributed by atoms with Crippen molar-refractivity contribution in [3.05, 3.63) is 85.1 Å². The van der Waals surface area contributed by atoms with E-state index >= 15 is 0 Å². The smallest absolute Gasteiger partial charge is 0.306 e. The molecule has 1 unspecified atom stereocenters. The summed E-state index contributed by atoms with van der Waals surface area (Å²) in [6, 6.07) is 0. The van der Waals surface area contributed by atoms with Gasteiger partial charge in [-0.2, -0.15) is 0 Å². The molecule has 0 N–H and O–H groups in total. The number of carbonyl (C=O) groups excluding carboxylic acids is 3. The highest BCUT2D eigenvalue weighted by Crippen LogP contribution is 2.13. The molecule has 0 amide bonds. The van der Waals surface area contributed by atoms with Gasteiger partial charge in [-0.3, -0.25) is 14.4 Å². The van der Waals surface area contributed by atoms with E-state index in [0.717, 1.165) is 103 Å². The fourth-order valence-corrected chi connectivity index (χ4v) is 6.19. The second-order valence-corrected chi connectivity index (χ2v) is 15.3. The first-order valence-corrected chi connectivity index (χ1v) is 23.6. The number of ether oxygens (including phenoxy) is 3. The number of carbonyl (C=O) groups is 3. The molecule has 0 aromatic heterocycles. The van der Waals surface area contributed by atoms with Gasteiger partial charge in [0.25, 0.3) is 0 Å². The van der Waals surface area contributed by atoms with Gasteiger partial charge in [0.1, 0.15) is 13.2 Å². The minimum absolute atomic E-state index is 0.102. The first-order valence-electron chi connectivity index (χ1n) is 23.6. The minimum Gasteiger partial charge on any atom is -0.462 e. The third kappa shape index (κ3) is 43.7. The molecular formula is C52H86O6. The summed E-state index contributed by atoms with van der Waals surface area (Å²) < 4.78 is 16.7. The molecule has 6 nitrogen and oxygen atoms in total. The predicted octanol–water partition coefficient (Wildman–Crippen LogP) is 15.3. The standard InChI is InChI=1S/C52H86O6/c1-4-7-10-13-16-19-21-23-25-27-28-30-33-36-39-42-45-51(54)57-48-49(47-56-50(53)44-41-38-35-32-18-15-12-9-6-3)58-52(55)46-43-40-37-34-31-29-26-24-22-20-17-14-11-8-5-2/h8-9,11-12,14,17-18,20,22,24-27,32,49H,4-7,10,13,15-16,19,21,23,28-31,33-48H2,1-3H3/b11-8-,12-9-,17-14-,22-20-,26-24-,27-25-,32-18-. The topological polar surface area (TPSA) is 78.9 Å². The first kappa shape index (κ1) is 54.6. The van der Waals surface area contributed by atoms with Crippen molar-refractivity contribution in [3.63, 3.8) is 0 Å². The molecule has 0 saturated carbocycles. The maximum atomic E-state index is 12.7. The Kier molecular flexibility index (Phi) is 43.6. The molecule has 0 aromatic carbocycles. The summed E-state index contributed by atoms with van der Waals surface area (Å²) in [5.41, 5.74) is 0. The van der Waals surface area contributed by atoms with Gasteiger partial charge in [-0.15, -0.1) is 0 Å². The molecular weight excluding hydrogens is 721 g/mol. The Labute approximate surface area is 356 Å². The lowest BCUT2D eigenvalue weighted by molar-refractivity contribution is -0.167. The van der Waals surface area contributed by atoms with E-state index in [2.05, 4.69) is 81.5 Å². The molecule has 0 radical (unpaired) electrons. The SMILES string of the molecule is CC\C=C/C=C\C=C/C=C\CCCCCCCC(=O)OC(COC(=O)CCCC/C=C\C/C=C\CC)COC(=O)CCCCCCC/C=C\CCCCCCCCC. The summed E-state index contributed by atoms with van der Waals surface area (Å²) in [5.74, 6) is -0.978. The maximum absolute atomic E-state index is 12.7. The van der Waals surface area contributed by atoms with Crippen LogP contribution in [-0.2, 0) is 28.6 Å². The van der Waals surface area contributed by atoms with Crippen LogP contribution in [-0.4, -0.2) is 37.2 Å². The highest BCUT2D eigenvalue weighted by molar-refractivity contribution is 5.71. The minimum atomic E-state index is -0.803. The Morgan fingerprint density at radius 3 is 1.29 bits per heavy atom. The van der Waals surface area contributed by atoms with Crippen LogP contribution in [0.4, 0.5) is 0 Å². The Bertz CT molecular complexity index is 1160. The zero-order valence-corrected chi connectivity index (χ0v) is 37.5. The van der Waals surface area contributed by atoms with Crippen molar-refractivity contribution in [2.24, 2.45) is 0 Å². The zero-order chi connectivity index (χ0) is 42.3. The first-order chi connectivity index (χ1) is 28.5. The molecule has 0 aliphatic carbocycles. The summed E-state index contributed by atoms with van der Waals surface area (Å²) in [7, 11) is 0. The molecule has 0 aromatic rings. The van der Waals surface area contributed by atoms with E-state index in [1.165, 1.54) is 64.2 Å². The van der Waals surface area contributed by atoms with E-state index in [9.17, 15) is 14.4 Å². The molecule has 0 rings (SSSR count). The molecule has 1 atom stereocenters. The number of esters is 3. The van der Waals surface area contributed by atoms with E-state index in [0.29, 0.717) is 19.3 Å². The summed E-state index contributed by atoms with van der Waals surface area (Å²) in [6.45, 7) is 6.30. The molecule has 0 bridgehead atoms. The van der Waals surface area contributed by atoms with E-state index < -0.39 is 6.10 Å². The number of hydrogen-bond donors (Lipinski definition) is 0. The average molecular weight is 807 g/mol. The van der Waals surface area contributed by atoms with Crippen LogP contribution >= 0.6 is 0 Å². The van der Waals surface area contributed by atoms with Crippen LogP contribution in [0.5, 0.6) is 0 Å². The molecule has 0 heterocycles. The van der Waals surface area contributed by atoms with Crippen LogP contribution in [0.25, 0.3) is 0 Å². The van der Waals surface area contributed by atoms with Crippen molar-refractivity contribution >= 4 is 17.9 Å². The van der Waals surface area contributed by atoms with E-state index in [1.54, 1.807) is 0 Å². The lowest BCUT2D eigenvalue weighted by atomic mass is 10.1. The Balaban J connectivity index is 4.43. The molecule has 330 valence electrons. The van der Waals surface area contributed by atoms with E-state index in [-0.39, 0.29) is 31.1 Å². The normalized spacial score (nSPS) is 12.8. The lowest BCUT2D eigenvalue weighted by Gasteiger charge is -2.18. The summed E-state index contributed by atoms with van der Waals surface area (Å²) in [6.07, 6.45) is 58.6. The van der Waals surface area contributed by atoms with Crippen molar-refractivity contribution in [3.8, 4) is 0 Å². The van der Waals surface area contributed by atoms with Crippen molar-refractivity contribution in [1.82, 2.24) is 0 Å². The number of allylic oxidation sites excluding steroid dienone is 14. The maximum Gasteiger partial charge on any atom is 0.306 e. The Morgan fingerprint density at radius 1 is 0.379 bits per heavy atom. The summed E-state index contributed by atoms with van der Waals surface area (Å²) in [5, 5.41) is 0. The van der Waals surface area contributed by atoms with Gasteiger partial charge in [0.2, 0.25) is 0 Å². The van der Waals surface area contributed by atoms with Gasteiger partial charge >= 0.3 is 17.9 Å². The van der Waals surface area contributed by atoms with E-state index in [4.69, 9.17) is 14.2 Å². The fraction of sp³-hybridized carbons (Fsp3) is 0.673. The zero-order valence-electron chi connectivity index (χ0n) is 37.5. The highest BCUT2D eigenvalue weighted by Gasteiger charge is 2.19. The second kappa shape index (κ2) is 46.3. The van der Waals surface area contributed by atoms with Gasteiger partial charge < -0.3 is 14.2 Å². The van der Waals surface area contributed by atoms with E-state index in [1.807, 2.05) is 24.3 Å². The fourth-order valence-electron chi connectivity index (χ4n) is 6.19. The van der Waals surface area contributed by atoms with Crippen molar-refractivity contribution in [1.29, 1.82) is 0 Å². The van der Waals surface area contributed by atoms with Crippen LogP contribution < -0.4 is 0 Å². The van der Waals surface area contributed by atoms with Gasteiger partial charge in [-0.1, -0.05) is 183 Å². The Morgan fingerprint density at radius 2 is 0.759 bits per heavy atom. The van der Waals surface area contributed by atoms with Gasteiger partial charge in [0.05, 0.1) is 0 Å². The summed E-state index contributed by atoms with van der Waals surface area (Å²) >= 11 is 0. The van der Waals surface area contributed by atoms with Crippen LogP contribution in [0.15, 0.2) is 85.1 Å². The molecule has 58 heavy (non-hydrogen) atoms. The predicted molar refractivity (Wildman–Crippen MR) is 247 cm³/mol. The highest BCUT2D eigenvalue weighted by atomic mass is 16.6. The molecule has 0 aliphatic rings. The quantitative estimate of drug-likeness (QED) is 0.0201. The van der Waals surface area contributed by atoms with Crippen LogP contribution in [0, 0.1) is 0 Å². The largest absolute Gasteiger partial charge is 0.462 e. The van der Waals surface area contributed by atoms with Gasteiger partial charge in [0.15, 0.2) is 6.10 Å².